The zero-order valence-corrected chi connectivity index (χ0v) is 16.9. The molecule has 1 aliphatic rings. The van der Waals surface area contributed by atoms with Gasteiger partial charge in [-0.2, -0.15) is 5.06 Å². The topological polar surface area (TPSA) is 73.7 Å². The van der Waals surface area contributed by atoms with Gasteiger partial charge in [0.15, 0.2) is 17.3 Å². The summed E-state index contributed by atoms with van der Waals surface area (Å²) in [6.07, 6.45) is 3.84. The Morgan fingerprint density at radius 2 is 2.14 bits per heavy atom. The van der Waals surface area contributed by atoms with Crippen molar-refractivity contribution < 1.29 is 14.4 Å². The van der Waals surface area contributed by atoms with Crippen molar-refractivity contribution in [3.05, 3.63) is 48.0 Å². The van der Waals surface area contributed by atoms with E-state index >= 15 is 0 Å². The average molecular weight is 395 g/mol. The predicted molar refractivity (Wildman–Crippen MR) is 112 cm³/mol. The number of benzene rings is 2. The first-order valence-corrected chi connectivity index (χ1v) is 9.75. The van der Waals surface area contributed by atoms with Crippen LogP contribution in [0.4, 0.5) is 5.69 Å². The highest BCUT2D eigenvalue weighted by molar-refractivity contribution is 5.80. The second kappa shape index (κ2) is 8.40. The molecular formula is C21H25N5O3. The molecule has 0 bridgehead atoms. The van der Waals surface area contributed by atoms with E-state index in [1.54, 1.807) is 5.06 Å². The molecule has 152 valence electrons. The summed E-state index contributed by atoms with van der Waals surface area (Å²) >= 11 is 0. The highest BCUT2D eigenvalue weighted by Crippen LogP contribution is 2.42. The Morgan fingerprint density at radius 3 is 2.97 bits per heavy atom. The minimum absolute atomic E-state index is 0.568. The van der Waals surface area contributed by atoms with E-state index in [1.807, 2.05) is 56.6 Å². The third-order valence-electron chi connectivity index (χ3n) is 4.44. The quantitative estimate of drug-likeness (QED) is 0.486. The molecular weight excluding hydrogens is 370 g/mol. The van der Waals surface area contributed by atoms with Crippen LogP contribution >= 0.6 is 0 Å². The van der Waals surface area contributed by atoms with Crippen LogP contribution < -0.4 is 19.7 Å². The molecule has 1 aliphatic heterocycles. The Balaban J connectivity index is 1.82. The van der Waals surface area contributed by atoms with Crippen LogP contribution in [0.3, 0.4) is 0 Å². The number of nitrogens with zero attached hydrogens (tertiary/aromatic N) is 4. The first-order valence-electron chi connectivity index (χ1n) is 9.75. The Kier molecular flexibility index (Phi) is 5.53. The fourth-order valence-electron chi connectivity index (χ4n) is 3.17. The lowest BCUT2D eigenvalue weighted by atomic mass is 10.1. The standard InChI is InChI=1S/C21H25N5O3/c1-4-5-10-18(29-26-17-9-7-6-8-15(17)23-24-26)20-19(28-25(2)3)12-11-16-21(20)27-14-13-22-16/h6-12,22H,4-5,13-14H2,1-3H3/b18-10-. The van der Waals surface area contributed by atoms with E-state index in [0.717, 1.165) is 41.7 Å². The number of para-hydroxylation sites is 1. The number of aromatic nitrogens is 3. The van der Waals surface area contributed by atoms with Gasteiger partial charge in [0.2, 0.25) is 0 Å². The molecule has 0 aliphatic carbocycles. The number of hydrogen-bond donors (Lipinski definition) is 1. The second-order valence-corrected chi connectivity index (χ2v) is 6.89. The molecule has 0 unspecified atom stereocenters. The maximum absolute atomic E-state index is 6.24. The summed E-state index contributed by atoms with van der Waals surface area (Å²) in [4.78, 5) is 13.6. The van der Waals surface area contributed by atoms with Gasteiger partial charge in [0.1, 0.15) is 23.2 Å². The fourth-order valence-corrected chi connectivity index (χ4v) is 3.17. The van der Waals surface area contributed by atoms with Gasteiger partial charge in [0.25, 0.3) is 0 Å². The summed E-state index contributed by atoms with van der Waals surface area (Å²) in [5.74, 6) is 1.96. The minimum atomic E-state index is 0.568. The Hall–Kier alpha value is -3.26. The summed E-state index contributed by atoms with van der Waals surface area (Å²) < 4.78 is 6.02. The van der Waals surface area contributed by atoms with Crippen LogP contribution in [-0.4, -0.2) is 47.5 Å². The van der Waals surface area contributed by atoms with E-state index in [2.05, 4.69) is 22.6 Å². The van der Waals surface area contributed by atoms with Gasteiger partial charge >= 0.3 is 0 Å². The third kappa shape index (κ3) is 3.97. The maximum Gasteiger partial charge on any atom is 0.168 e. The molecule has 0 radical (unpaired) electrons. The lowest BCUT2D eigenvalue weighted by Gasteiger charge is -2.25. The SMILES string of the molecule is CCC/C=C(\On1nnc2ccccc21)c1c(ON(C)C)ccc2c1OCCN2. The Bertz CT molecular complexity index is 1030. The van der Waals surface area contributed by atoms with Crippen LogP contribution in [0, 0.1) is 0 Å². The van der Waals surface area contributed by atoms with Gasteiger partial charge in [-0.25, -0.2) is 0 Å². The maximum atomic E-state index is 6.24. The number of fused-ring (bicyclic) bond motifs is 2. The van der Waals surface area contributed by atoms with Crippen LogP contribution in [0.2, 0.25) is 0 Å². The van der Waals surface area contributed by atoms with Crippen LogP contribution in [0.15, 0.2) is 42.5 Å². The van der Waals surface area contributed by atoms with Crippen LogP contribution in [0.1, 0.15) is 25.3 Å². The van der Waals surface area contributed by atoms with Crippen molar-refractivity contribution in [1.82, 2.24) is 20.2 Å². The van der Waals surface area contributed by atoms with Crippen molar-refractivity contribution in [2.24, 2.45) is 0 Å². The van der Waals surface area contributed by atoms with Crippen LogP contribution in [-0.2, 0) is 0 Å². The second-order valence-electron chi connectivity index (χ2n) is 6.89. The zero-order chi connectivity index (χ0) is 20.2. The average Bonchev–Trinajstić information content (AvgIpc) is 3.14. The van der Waals surface area contributed by atoms with Crippen molar-refractivity contribution in [1.29, 1.82) is 0 Å². The monoisotopic (exact) mass is 395 g/mol. The fraction of sp³-hybridized carbons (Fsp3) is 0.333. The highest BCUT2D eigenvalue weighted by Gasteiger charge is 2.25. The molecule has 4 rings (SSSR count). The summed E-state index contributed by atoms with van der Waals surface area (Å²) in [7, 11) is 3.67. The van der Waals surface area contributed by atoms with Crippen molar-refractivity contribution in [2.45, 2.75) is 19.8 Å². The molecule has 0 amide bonds. The summed E-state index contributed by atoms with van der Waals surface area (Å²) in [6.45, 7) is 3.44. The third-order valence-corrected chi connectivity index (χ3v) is 4.44. The number of ether oxygens (including phenoxy) is 1. The van der Waals surface area contributed by atoms with Gasteiger partial charge in [-0.1, -0.05) is 30.3 Å². The molecule has 3 aromatic rings. The molecule has 0 spiro atoms. The van der Waals surface area contributed by atoms with Gasteiger partial charge in [-0.3, -0.25) is 0 Å². The molecule has 1 N–H and O–H groups in total. The Morgan fingerprint density at radius 1 is 1.28 bits per heavy atom. The van der Waals surface area contributed by atoms with E-state index in [4.69, 9.17) is 14.4 Å². The first-order chi connectivity index (χ1) is 14.2. The molecule has 2 heterocycles. The van der Waals surface area contributed by atoms with E-state index in [0.29, 0.717) is 23.9 Å². The smallest absolute Gasteiger partial charge is 0.168 e. The van der Waals surface area contributed by atoms with Gasteiger partial charge in [0, 0.05) is 20.6 Å². The van der Waals surface area contributed by atoms with E-state index in [9.17, 15) is 0 Å². The number of allylic oxidation sites excluding steroid dienone is 1. The molecule has 8 heteroatoms. The zero-order valence-electron chi connectivity index (χ0n) is 16.9. The normalized spacial score (nSPS) is 13.7. The van der Waals surface area contributed by atoms with Gasteiger partial charge < -0.3 is 19.7 Å². The first kappa shape index (κ1) is 19.1. The molecule has 2 aromatic carbocycles. The minimum Gasteiger partial charge on any atom is -0.489 e. The number of anilines is 1. The van der Waals surface area contributed by atoms with Crippen LogP contribution in [0.5, 0.6) is 11.5 Å². The van der Waals surface area contributed by atoms with E-state index in [1.165, 1.54) is 4.85 Å². The predicted octanol–water partition coefficient (Wildman–Crippen LogP) is 3.36. The summed E-state index contributed by atoms with van der Waals surface area (Å²) in [5, 5.41) is 13.4. The van der Waals surface area contributed by atoms with Gasteiger partial charge in [0.05, 0.1) is 5.69 Å². The number of hydrogen-bond acceptors (Lipinski definition) is 7. The molecule has 0 saturated carbocycles. The molecule has 0 saturated heterocycles. The van der Waals surface area contributed by atoms with Gasteiger partial charge in [-0.05, 0) is 42.0 Å². The van der Waals surface area contributed by atoms with Crippen LogP contribution in [0.25, 0.3) is 16.8 Å². The van der Waals surface area contributed by atoms with Crippen molar-refractivity contribution in [3.63, 3.8) is 0 Å². The Labute approximate surface area is 169 Å². The number of unbranched alkanes of at least 4 members (excludes halogenated alkanes) is 1. The molecule has 8 nitrogen and oxygen atoms in total. The van der Waals surface area contributed by atoms with Gasteiger partial charge in [-0.15, -0.1) is 5.10 Å². The number of rotatable bonds is 7. The summed E-state index contributed by atoms with van der Waals surface area (Å²) in [5.41, 5.74) is 3.21. The van der Waals surface area contributed by atoms with Crippen molar-refractivity contribution >= 4 is 22.5 Å². The van der Waals surface area contributed by atoms with Crippen molar-refractivity contribution in [2.75, 3.05) is 32.6 Å². The summed E-state index contributed by atoms with van der Waals surface area (Å²) in [6, 6.07) is 11.5. The largest absolute Gasteiger partial charge is 0.489 e. The molecule has 0 atom stereocenters. The molecule has 29 heavy (non-hydrogen) atoms. The lowest BCUT2D eigenvalue weighted by molar-refractivity contribution is -0.00424. The molecule has 0 fully saturated rings. The van der Waals surface area contributed by atoms with E-state index < -0.39 is 0 Å². The molecule has 1 aromatic heterocycles. The van der Waals surface area contributed by atoms with Crippen molar-refractivity contribution in [3.8, 4) is 11.5 Å². The highest BCUT2D eigenvalue weighted by atomic mass is 16.7. The number of nitrogens with one attached hydrogen (secondary N) is 1. The van der Waals surface area contributed by atoms with E-state index in [-0.39, 0.29) is 0 Å². The number of hydroxylamine groups is 2. The lowest BCUT2D eigenvalue weighted by Crippen LogP contribution is -2.23.